The molecule has 2 heterocycles. The fourth-order valence-electron chi connectivity index (χ4n) is 2.94. The molecule has 1 radical (unpaired) electrons. The Morgan fingerprint density at radius 1 is 1.15 bits per heavy atom. The number of hydroxylamine groups is 2. The summed E-state index contributed by atoms with van der Waals surface area (Å²) in [5.41, 5.74) is -0.801. The minimum absolute atomic E-state index is 0.261. The first-order valence-corrected chi connectivity index (χ1v) is 4.96. The third kappa shape index (κ3) is 1.22. The summed E-state index contributed by atoms with van der Waals surface area (Å²) in [7, 11) is 0. The number of hydrogen-bond donors (Lipinski definition) is 0. The van der Waals surface area contributed by atoms with Crippen molar-refractivity contribution < 1.29 is 10.0 Å². The van der Waals surface area contributed by atoms with E-state index in [2.05, 4.69) is 0 Å². The summed E-state index contributed by atoms with van der Waals surface area (Å²) < 4.78 is 0. The van der Waals surface area contributed by atoms with Crippen LogP contribution in [0.15, 0.2) is 0 Å². The van der Waals surface area contributed by atoms with E-state index in [1.54, 1.807) is 0 Å². The summed E-state index contributed by atoms with van der Waals surface area (Å²) in [6, 6.07) is 0. The molecule has 2 unspecified atom stereocenters. The number of nitrogens with zero attached hydrogens (tertiary/aromatic N) is 1. The van der Waals surface area contributed by atoms with E-state index in [0.29, 0.717) is 12.8 Å². The first-order valence-electron chi connectivity index (χ1n) is 4.96. The largest absolute Gasteiger partial charge is 0.300 e. The van der Waals surface area contributed by atoms with Gasteiger partial charge in [0, 0.05) is 12.8 Å². The van der Waals surface area contributed by atoms with Crippen LogP contribution in [0.5, 0.6) is 0 Å². The minimum Gasteiger partial charge on any atom is -0.300 e. The Labute approximate surface area is 78.7 Å². The van der Waals surface area contributed by atoms with Crippen molar-refractivity contribution in [3.05, 3.63) is 0 Å². The van der Waals surface area contributed by atoms with Crippen LogP contribution in [-0.2, 0) is 10.0 Å². The molecule has 2 bridgehead atoms. The molecule has 0 saturated carbocycles. The molecule has 2 aliphatic heterocycles. The van der Waals surface area contributed by atoms with Gasteiger partial charge in [-0.25, -0.2) is 0 Å². The fourth-order valence-corrected chi connectivity index (χ4v) is 2.94. The van der Waals surface area contributed by atoms with E-state index in [1.165, 1.54) is 5.06 Å². The summed E-state index contributed by atoms with van der Waals surface area (Å²) in [5.74, 6) is 0.261. The van der Waals surface area contributed by atoms with Crippen LogP contribution in [0.3, 0.4) is 0 Å². The van der Waals surface area contributed by atoms with Crippen molar-refractivity contribution in [2.24, 2.45) is 0 Å². The van der Waals surface area contributed by atoms with Crippen molar-refractivity contribution in [1.29, 1.82) is 0 Å². The van der Waals surface area contributed by atoms with E-state index in [-0.39, 0.29) is 5.78 Å². The Morgan fingerprint density at radius 3 is 2.08 bits per heavy atom. The second kappa shape index (κ2) is 2.55. The van der Waals surface area contributed by atoms with Gasteiger partial charge in [0.2, 0.25) is 0 Å². The van der Waals surface area contributed by atoms with Crippen LogP contribution >= 0.6 is 0 Å². The summed E-state index contributed by atoms with van der Waals surface area (Å²) >= 11 is 0. The monoisotopic (exact) mass is 182 g/mol. The Kier molecular flexibility index (Phi) is 1.79. The maximum Gasteiger partial charge on any atom is 0.136 e. The normalized spacial score (nSPS) is 46.5. The van der Waals surface area contributed by atoms with Crippen LogP contribution in [0.1, 0.15) is 46.0 Å². The van der Waals surface area contributed by atoms with E-state index in [4.69, 9.17) is 0 Å². The predicted octanol–water partition coefficient (Wildman–Crippen LogP) is 1.70. The van der Waals surface area contributed by atoms with Gasteiger partial charge in [-0.05, 0) is 33.1 Å². The second-order valence-corrected chi connectivity index (χ2v) is 5.03. The third-order valence-corrected chi connectivity index (χ3v) is 3.57. The van der Waals surface area contributed by atoms with E-state index in [9.17, 15) is 10.0 Å². The number of carbonyl (C=O) groups excluding carboxylic acids is 1. The number of rotatable bonds is 0. The molecule has 2 atom stereocenters. The molecule has 3 heteroatoms. The minimum atomic E-state index is -0.400. The van der Waals surface area contributed by atoms with Gasteiger partial charge < -0.3 is 0 Å². The lowest BCUT2D eigenvalue weighted by Gasteiger charge is -2.53. The molecule has 73 valence electrons. The van der Waals surface area contributed by atoms with E-state index in [0.717, 1.165) is 19.3 Å². The average molecular weight is 182 g/mol. The van der Waals surface area contributed by atoms with E-state index in [1.807, 2.05) is 13.8 Å². The van der Waals surface area contributed by atoms with Crippen LogP contribution < -0.4 is 0 Å². The summed E-state index contributed by atoms with van der Waals surface area (Å²) in [6.07, 6.45) is 3.73. The van der Waals surface area contributed by atoms with Crippen molar-refractivity contribution >= 4 is 5.78 Å². The molecule has 2 saturated heterocycles. The lowest BCUT2D eigenvalue weighted by atomic mass is 9.70. The molecule has 13 heavy (non-hydrogen) atoms. The fraction of sp³-hybridized carbons (Fsp3) is 0.900. The van der Waals surface area contributed by atoms with Gasteiger partial charge in [-0.3, -0.25) is 4.79 Å². The van der Waals surface area contributed by atoms with Crippen LogP contribution in [0, 0.1) is 0 Å². The molecule has 2 aliphatic rings. The van der Waals surface area contributed by atoms with Gasteiger partial charge in [0.05, 0.1) is 11.1 Å². The number of carbonyl (C=O) groups is 1. The molecule has 0 aliphatic carbocycles. The zero-order chi connectivity index (χ0) is 9.69. The van der Waals surface area contributed by atoms with E-state index >= 15 is 0 Å². The SMILES string of the molecule is CC12CCCC(C)(CC(=O)C1)N2[O]. The van der Waals surface area contributed by atoms with Gasteiger partial charge in [0.15, 0.2) is 0 Å². The quantitative estimate of drug-likeness (QED) is 0.572. The smallest absolute Gasteiger partial charge is 0.136 e. The first kappa shape index (κ1) is 9.16. The molecule has 3 nitrogen and oxygen atoms in total. The Bertz CT molecular complexity index is 231. The van der Waals surface area contributed by atoms with Crippen molar-refractivity contribution in [1.82, 2.24) is 5.06 Å². The zero-order valence-electron chi connectivity index (χ0n) is 8.30. The highest BCUT2D eigenvalue weighted by molar-refractivity contribution is 5.82. The highest BCUT2D eigenvalue weighted by atomic mass is 16.5. The molecule has 0 N–H and O–H groups in total. The van der Waals surface area contributed by atoms with Crippen LogP contribution in [-0.4, -0.2) is 21.9 Å². The topological polar surface area (TPSA) is 40.2 Å². The number of Topliss-reactive ketones (excluding diaryl/α,β-unsaturated/α-hetero) is 1. The highest BCUT2D eigenvalue weighted by Crippen LogP contribution is 2.45. The second-order valence-electron chi connectivity index (χ2n) is 5.03. The van der Waals surface area contributed by atoms with Gasteiger partial charge in [0.25, 0.3) is 0 Å². The van der Waals surface area contributed by atoms with Crippen LogP contribution in [0.25, 0.3) is 0 Å². The number of fused-ring (bicyclic) bond motifs is 2. The van der Waals surface area contributed by atoms with E-state index < -0.39 is 11.1 Å². The molecular weight excluding hydrogens is 166 g/mol. The van der Waals surface area contributed by atoms with Crippen LogP contribution in [0.2, 0.25) is 0 Å². The molecule has 2 fully saturated rings. The number of ketones is 1. The maximum atomic E-state index is 12.0. The maximum absolute atomic E-state index is 12.0. The van der Waals surface area contributed by atoms with Gasteiger partial charge >= 0.3 is 0 Å². The first-order chi connectivity index (χ1) is 5.96. The van der Waals surface area contributed by atoms with Crippen LogP contribution in [0.4, 0.5) is 0 Å². The standard InChI is InChI=1S/C10H16NO2/c1-9-4-3-5-10(2,11(9)13)7-8(12)6-9/h3-7H2,1-2H3. The van der Waals surface area contributed by atoms with Crippen molar-refractivity contribution in [2.45, 2.75) is 57.0 Å². The van der Waals surface area contributed by atoms with Gasteiger partial charge in [0.1, 0.15) is 5.78 Å². The van der Waals surface area contributed by atoms with Crippen molar-refractivity contribution in [3.8, 4) is 0 Å². The number of hydrogen-bond acceptors (Lipinski definition) is 2. The summed E-state index contributed by atoms with van der Waals surface area (Å²) in [5, 5.41) is 13.2. The molecule has 0 aromatic heterocycles. The zero-order valence-corrected chi connectivity index (χ0v) is 8.30. The Balaban J connectivity index is 2.34. The lowest BCUT2D eigenvalue weighted by Crippen LogP contribution is -2.63. The molecule has 0 aromatic carbocycles. The molecule has 0 amide bonds. The molecule has 2 rings (SSSR count). The van der Waals surface area contributed by atoms with Gasteiger partial charge in [-0.2, -0.15) is 0 Å². The van der Waals surface area contributed by atoms with Gasteiger partial charge in [-0.1, -0.05) is 0 Å². The third-order valence-electron chi connectivity index (χ3n) is 3.57. The van der Waals surface area contributed by atoms with Crippen molar-refractivity contribution in [2.75, 3.05) is 0 Å². The highest BCUT2D eigenvalue weighted by Gasteiger charge is 2.53. The predicted molar refractivity (Wildman–Crippen MR) is 47.4 cm³/mol. The molecule has 0 spiro atoms. The van der Waals surface area contributed by atoms with Crippen molar-refractivity contribution in [3.63, 3.8) is 0 Å². The molecule has 0 aromatic rings. The van der Waals surface area contributed by atoms with Gasteiger partial charge in [-0.15, -0.1) is 10.3 Å². The molecular formula is C10H16NO2. The lowest BCUT2D eigenvalue weighted by molar-refractivity contribution is -0.304. The Morgan fingerprint density at radius 2 is 1.62 bits per heavy atom. The number of piperidine rings is 2. The summed E-state index contributed by atoms with van der Waals surface area (Å²) in [4.78, 5) is 11.5. The summed E-state index contributed by atoms with van der Waals surface area (Å²) in [6.45, 7) is 3.85. The average Bonchev–Trinajstić information content (AvgIpc) is 1.97. The Hall–Kier alpha value is -0.410.